The van der Waals surface area contributed by atoms with E-state index in [2.05, 4.69) is 18.9 Å². The lowest BCUT2D eigenvalue weighted by Crippen LogP contribution is -2.12. The van der Waals surface area contributed by atoms with E-state index in [-0.39, 0.29) is 6.61 Å². The van der Waals surface area contributed by atoms with E-state index < -0.39 is 5.97 Å². The summed E-state index contributed by atoms with van der Waals surface area (Å²) >= 11 is 6.66. The van der Waals surface area contributed by atoms with Gasteiger partial charge in [0.1, 0.15) is 17.3 Å². The Labute approximate surface area is 196 Å². The lowest BCUT2D eigenvalue weighted by molar-refractivity contribution is -0.133. The third-order valence-corrected chi connectivity index (χ3v) is 6.01. The fourth-order valence-corrected chi connectivity index (χ4v) is 3.98. The van der Waals surface area contributed by atoms with Crippen LogP contribution in [0.25, 0.3) is 5.57 Å². The molecular weight excluding hydrogens is 428 g/mol. The highest BCUT2D eigenvalue weighted by Gasteiger charge is 2.21. The zero-order valence-electron chi connectivity index (χ0n) is 19.8. The molecular formula is C25H35ClN2O4. The predicted octanol–water partition coefficient (Wildman–Crippen LogP) is 6.05. The van der Waals surface area contributed by atoms with Crippen LogP contribution in [-0.2, 0) is 33.8 Å². The van der Waals surface area contributed by atoms with Gasteiger partial charge in [0.15, 0.2) is 0 Å². The molecule has 0 amide bonds. The molecule has 0 fully saturated rings. The SMILES string of the molecule is CCCCC(CC)Cn1nc(OCc2ccccc2/C(=C\OC)C(=O)OC)c(CC)c1Cl. The number of unbranched alkanes of at least 4 members (excludes halogenated alkanes) is 1. The van der Waals surface area contributed by atoms with Gasteiger partial charge in [-0.15, -0.1) is 5.10 Å². The summed E-state index contributed by atoms with van der Waals surface area (Å²) in [6.07, 6.45) is 6.74. The van der Waals surface area contributed by atoms with Crippen molar-refractivity contribution in [3.63, 3.8) is 0 Å². The number of benzene rings is 1. The van der Waals surface area contributed by atoms with Crippen molar-refractivity contribution in [3.05, 3.63) is 52.4 Å². The van der Waals surface area contributed by atoms with E-state index in [1.54, 1.807) is 0 Å². The molecule has 0 aliphatic heterocycles. The van der Waals surface area contributed by atoms with Gasteiger partial charge in [-0.3, -0.25) is 0 Å². The Bertz CT molecular complexity index is 907. The first kappa shape index (κ1) is 25.8. The number of rotatable bonds is 13. The molecule has 2 rings (SSSR count). The average Bonchev–Trinajstić information content (AvgIpc) is 3.12. The van der Waals surface area contributed by atoms with Crippen LogP contribution in [0.15, 0.2) is 30.5 Å². The van der Waals surface area contributed by atoms with Crippen LogP contribution in [-0.4, -0.2) is 30.0 Å². The molecule has 7 heteroatoms. The minimum absolute atomic E-state index is 0.238. The van der Waals surface area contributed by atoms with Crippen LogP contribution in [0, 0.1) is 5.92 Å². The van der Waals surface area contributed by atoms with Gasteiger partial charge in [0, 0.05) is 6.54 Å². The predicted molar refractivity (Wildman–Crippen MR) is 128 cm³/mol. The van der Waals surface area contributed by atoms with Crippen molar-refractivity contribution in [3.8, 4) is 5.88 Å². The first-order chi connectivity index (χ1) is 15.5. The van der Waals surface area contributed by atoms with Crippen LogP contribution < -0.4 is 4.74 Å². The molecule has 0 aliphatic rings. The van der Waals surface area contributed by atoms with Gasteiger partial charge in [-0.2, -0.15) is 0 Å². The number of esters is 1. The monoisotopic (exact) mass is 462 g/mol. The van der Waals surface area contributed by atoms with Crippen molar-refractivity contribution in [2.75, 3.05) is 14.2 Å². The summed E-state index contributed by atoms with van der Waals surface area (Å²) in [6, 6.07) is 7.50. The summed E-state index contributed by atoms with van der Waals surface area (Å²) in [5, 5.41) is 5.32. The number of nitrogens with zero attached hydrogens (tertiary/aromatic N) is 2. The molecule has 0 radical (unpaired) electrons. The molecule has 0 spiro atoms. The number of hydrogen-bond acceptors (Lipinski definition) is 5. The van der Waals surface area contributed by atoms with Crippen LogP contribution in [0.3, 0.4) is 0 Å². The standard InChI is InChI=1S/C25H35ClN2O4/c1-6-9-12-18(7-2)15-28-23(26)20(8-3)24(27-28)32-16-19-13-10-11-14-21(19)22(17-30-4)25(29)31-5/h10-11,13-14,17-18H,6-9,12,15-16H2,1-5H3/b22-17+. The minimum atomic E-state index is -0.474. The second-order valence-electron chi connectivity index (χ2n) is 7.73. The van der Waals surface area contributed by atoms with Crippen molar-refractivity contribution < 1.29 is 19.0 Å². The molecule has 6 nitrogen and oxygen atoms in total. The molecule has 1 atom stereocenters. The molecule has 0 bridgehead atoms. The Hall–Kier alpha value is -2.47. The fourth-order valence-electron chi connectivity index (χ4n) is 3.66. The maximum Gasteiger partial charge on any atom is 0.341 e. The van der Waals surface area contributed by atoms with Crippen LogP contribution in [0.2, 0.25) is 5.15 Å². The van der Waals surface area contributed by atoms with Crippen molar-refractivity contribution in [1.82, 2.24) is 9.78 Å². The van der Waals surface area contributed by atoms with E-state index in [0.29, 0.717) is 28.1 Å². The van der Waals surface area contributed by atoms with E-state index in [1.807, 2.05) is 35.9 Å². The van der Waals surface area contributed by atoms with Gasteiger partial charge >= 0.3 is 5.97 Å². The number of methoxy groups -OCH3 is 2. The maximum atomic E-state index is 12.2. The molecule has 1 heterocycles. The van der Waals surface area contributed by atoms with E-state index >= 15 is 0 Å². The highest BCUT2D eigenvalue weighted by atomic mass is 35.5. The minimum Gasteiger partial charge on any atom is -0.503 e. The topological polar surface area (TPSA) is 62.6 Å². The van der Waals surface area contributed by atoms with Gasteiger partial charge in [0.25, 0.3) is 0 Å². The van der Waals surface area contributed by atoms with Gasteiger partial charge in [-0.05, 0) is 29.9 Å². The van der Waals surface area contributed by atoms with Crippen LogP contribution in [0.5, 0.6) is 5.88 Å². The highest BCUT2D eigenvalue weighted by Crippen LogP contribution is 2.30. The van der Waals surface area contributed by atoms with E-state index in [4.69, 9.17) is 25.8 Å². The summed E-state index contributed by atoms with van der Waals surface area (Å²) in [5.41, 5.74) is 2.74. The van der Waals surface area contributed by atoms with Gasteiger partial charge in [0.05, 0.1) is 26.0 Å². The molecule has 0 saturated heterocycles. The summed E-state index contributed by atoms with van der Waals surface area (Å²) < 4.78 is 18.0. The van der Waals surface area contributed by atoms with Crippen molar-refractivity contribution in [2.24, 2.45) is 5.92 Å². The highest BCUT2D eigenvalue weighted by molar-refractivity contribution is 6.30. The van der Waals surface area contributed by atoms with Gasteiger partial charge in [-0.25, -0.2) is 9.48 Å². The summed E-state index contributed by atoms with van der Waals surface area (Å²) in [5.74, 6) is 0.596. The number of carbonyl (C=O) groups is 1. The third-order valence-electron chi connectivity index (χ3n) is 5.59. The second-order valence-corrected chi connectivity index (χ2v) is 8.09. The number of aromatic nitrogens is 2. The van der Waals surface area contributed by atoms with Crippen molar-refractivity contribution >= 4 is 23.1 Å². The Kier molecular flexibility index (Phi) is 10.6. The van der Waals surface area contributed by atoms with Crippen LogP contribution >= 0.6 is 11.6 Å². The summed E-state index contributed by atoms with van der Waals surface area (Å²) in [6.45, 7) is 7.48. The van der Waals surface area contributed by atoms with E-state index in [0.717, 1.165) is 36.9 Å². The summed E-state index contributed by atoms with van der Waals surface area (Å²) in [7, 11) is 2.84. The average molecular weight is 463 g/mol. The number of hydrogen-bond donors (Lipinski definition) is 0. The normalized spacial score (nSPS) is 12.5. The number of ether oxygens (including phenoxy) is 3. The third kappa shape index (κ3) is 6.52. The van der Waals surface area contributed by atoms with E-state index in [9.17, 15) is 4.79 Å². The van der Waals surface area contributed by atoms with Crippen LogP contribution in [0.1, 0.15) is 63.1 Å². The lowest BCUT2D eigenvalue weighted by Gasteiger charge is -2.15. The number of halogens is 1. The maximum absolute atomic E-state index is 12.2. The molecule has 2 aromatic rings. The zero-order chi connectivity index (χ0) is 23.5. The Morgan fingerprint density at radius 2 is 1.97 bits per heavy atom. The molecule has 1 unspecified atom stereocenters. The van der Waals surface area contributed by atoms with Gasteiger partial charge in [-0.1, -0.05) is 75.9 Å². The molecule has 1 aromatic heterocycles. The molecule has 0 saturated carbocycles. The smallest absolute Gasteiger partial charge is 0.341 e. The van der Waals surface area contributed by atoms with Crippen molar-refractivity contribution in [2.45, 2.75) is 66.0 Å². The summed E-state index contributed by atoms with van der Waals surface area (Å²) in [4.78, 5) is 12.2. The molecule has 176 valence electrons. The molecule has 32 heavy (non-hydrogen) atoms. The Morgan fingerprint density at radius 1 is 1.22 bits per heavy atom. The quantitative estimate of drug-likeness (QED) is 0.206. The first-order valence-electron chi connectivity index (χ1n) is 11.3. The molecule has 1 aromatic carbocycles. The molecule has 0 aliphatic carbocycles. The lowest BCUT2D eigenvalue weighted by atomic mass is 9.99. The largest absolute Gasteiger partial charge is 0.503 e. The van der Waals surface area contributed by atoms with Gasteiger partial charge in [0.2, 0.25) is 5.88 Å². The second kappa shape index (κ2) is 13.2. The number of carbonyl (C=O) groups excluding carboxylic acids is 1. The van der Waals surface area contributed by atoms with E-state index in [1.165, 1.54) is 33.3 Å². The van der Waals surface area contributed by atoms with Crippen LogP contribution in [0.4, 0.5) is 0 Å². The zero-order valence-corrected chi connectivity index (χ0v) is 20.6. The fraction of sp³-hybridized carbons (Fsp3) is 0.520. The van der Waals surface area contributed by atoms with Crippen molar-refractivity contribution in [1.29, 1.82) is 0 Å². The molecule has 0 N–H and O–H groups in total. The first-order valence-corrected chi connectivity index (χ1v) is 11.7. The van der Waals surface area contributed by atoms with Gasteiger partial charge < -0.3 is 14.2 Å². The Morgan fingerprint density at radius 3 is 2.59 bits per heavy atom. The Balaban J connectivity index is 2.26.